The molecule has 0 saturated carbocycles. The largest absolute Gasteiger partial charge is 0.438 e. The van der Waals surface area contributed by atoms with E-state index in [1.54, 1.807) is 26.2 Å². The third-order valence-corrected chi connectivity index (χ3v) is 5.98. The SMILES string of the molecule is CC(C)(O)C[C@]1(c2ccccc2)CCN(C2CCN(c3ncc(Cl)cn3)C2)C(=O)O1. The zero-order valence-corrected chi connectivity index (χ0v) is 18.0. The van der Waals surface area contributed by atoms with Crippen molar-refractivity contribution in [3.8, 4) is 0 Å². The van der Waals surface area contributed by atoms with Crippen LogP contribution in [0.15, 0.2) is 42.7 Å². The Bertz CT molecular complexity index is 888. The van der Waals surface area contributed by atoms with Crippen molar-refractivity contribution in [2.24, 2.45) is 0 Å². The van der Waals surface area contributed by atoms with Crippen molar-refractivity contribution in [3.63, 3.8) is 0 Å². The number of amides is 1. The molecule has 2 atom stereocenters. The lowest BCUT2D eigenvalue weighted by molar-refractivity contribution is -0.100. The van der Waals surface area contributed by atoms with Gasteiger partial charge in [-0.05, 0) is 25.8 Å². The fraction of sp³-hybridized carbons (Fsp3) is 0.500. The molecule has 0 spiro atoms. The van der Waals surface area contributed by atoms with Gasteiger partial charge in [0.2, 0.25) is 5.95 Å². The number of aromatic nitrogens is 2. The molecule has 30 heavy (non-hydrogen) atoms. The number of cyclic esters (lactones) is 1. The standard InChI is InChI=1S/C22H27ClN4O3/c1-21(2,29)15-22(16-6-4-3-5-7-16)9-11-27(20(28)30-22)18-8-10-26(14-18)19-24-12-17(23)13-25-19/h3-7,12-13,18,29H,8-11,14-15H2,1-2H3/t18?,22-/m0/s1. The molecule has 1 aromatic carbocycles. The Morgan fingerprint density at radius 1 is 1.23 bits per heavy atom. The second-order valence-corrected chi connectivity index (χ2v) is 9.19. The van der Waals surface area contributed by atoms with E-state index in [-0.39, 0.29) is 12.1 Å². The van der Waals surface area contributed by atoms with E-state index in [0.29, 0.717) is 36.9 Å². The van der Waals surface area contributed by atoms with Gasteiger partial charge in [-0.3, -0.25) is 0 Å². The van der Waals surface area contributed by atoms with Gasteiger partial charge in [-0.15, -0.1) is 0 Å². The molecule has 0 aliphatic carbocycles. The van der Waals surface area contributed by atoms with Crippen LogP contribution in [0.5, 0.6) is 0 Å². The van der Waals surface area contributed by atoms with Crippen molar-refractivity contribution in [2.75, 3.05) is 24.5 Å². The molecular formula is C22H27ClN4O3. The van der Waals surface area contributed by atoms with E-state index >= 15 is 0 Å². The molecule has 0 bridgehead atoms. The van der Waals surface area contributed by atoms with Crippen LogP contribution in [0.3, 0.4) is 0 Å². The molecule has 2 aliphatic heterocycles. The Labute approximate surface area is 181 Å². The minimum absolute atomic E-state index is 0.0349. The van der Waals surface area contributed by atoms with Gasteiger partial charge < -0.3 is 19.6 Å². The van der Waals surface area contributed by atoms with Crippen LogP contribution >= 0.6 is 11.6 Å². The number of carbonyl (C=O) groups is 1. The first-order valence-electron chi connectivity index (χ1n) is 10.3. The maximum atomic E-state index is 13.1. The Kier molecular flexibility index (Phi) is 5.59. The van der Waals surface area contributed by atoms with Crippen molar-refractivity contribution in [2.45, 2.75) is 50.4 Å². The van der Waals surface area contributed by atoms with Crippen LogP contribution in [0, 0.1) is 0 Å². The summed E-state index contributed by atoms with van der Waals surface area (Å²) in [6.45, 7) is 5.49. The maximum Gasteiger partial charge on any atom is 0.410 e. The molecule has 2 aromatic rings. The Morgan fingerprint density at radius 3 is 2.57 bits per heavy atom. The minimum Gasteiger partial charge on any atom is -0.438 e. The Morgan fingerprint density at radius 2 is 1.93 bits per heavy atom. The van der Waals surface area contributed by atoms with Crippen LogP contribution in [-0.4, -0.2) is 57.3 Å². The summed E-state index contributed by atoms with van der Waals surface area (Å²) in [5.74, 6) is 0.618. The fourth-order valence-electron chi connectivity index (χ4n) is 4.52. The first-order valence-corrected chi connectivity index (χ1v) is 10.6. The number of rotatable bonds is 5. The zero-order valence-electron chi connectivity index (χ0n) is 17.3. The summed E-state index contributed by atoms with van der Waals surface area (Å²) in [5.41, 5.74) is -0.873. The van der Waals surface area contributed by atoms with Crippen molar-refractivity contribution >= 4 is 23.6 Å². The second-order valence-electron chi connectivity index (χ2n) is 8.75. The maximum absolute atomic E-state index is 13.1. The zero-order chi connectivity index (χ0) is 21.4. The highest BCUT2D eigenvalue weighted by Crippen LogP contribution is 2.41. The quantitative estimate of drug-likeness (QED) is 0.780. The van der Waals surface area contributed by atoms with Gasteiger partial charge in [-0.2, -0.15) is 0 Å². The molecule has 2 aliphatic rings. The summed E-state index contributed by atoms with van der Waals surface area (Å²) < 4.78 is 6.08. The third kappa shape index (κ3) is 4.37. The van der Waals surface area contributed by atoms with Crippen LogP contribution in [0.2, 0.25) is 5.02 Å². The van der Waals surface area contributed by atoms with E-state index in [1.807, 2.05) is 35.2 Å². The van der Waals surface area contributed by atoms with Crippen LogP contribution in [0.4, 0.5) is 10.7 Å². The summed E-state index contributed by atoms with van der Waals surface area (Å²) in [6.07, 6.45) is 4.62. The number of ether oxygens (including phenoxy) is 1. The van der Waals surface area contributed by atoms with Gasteiger partial charge in [0.15, 0.2) is 0 Å². The first-order chi connectivity index (χ1) is 14.3. The van der Waals surface area contributed by atoms with Crippen molar-refractivity contribution in [1.29, 1.82) is 0 Å². The Hall–Kier alpha value is -2.38. The summed E-state index contributed by atoms with van der Waals surface area (Å²) >= 11 is 5.88. The van der Waals surface area contributed by atoms with Gasteiger partial charge in [-0.1, -0.05) is 41.9 Å². The number of benzene rings is 1. The molecule has 7 nitrogen and oxygen atoms in total. The van der Waals surface area contributed by atoms with E-state index in [0.717, 1.165) is 18.5 Å². The van der Waals surface area contributed by atoms with E-state index in [2.05, 4.69) is 14.9 Å². The molecule has 2 saturated heterocycles. The number of aliphatic hydroxyl groups is 1. The average molecular weight is 431 g/mol. The highest BCUT2D eigenvalue weighted by Gasteiger charge is 2.47. The van der Waals surface area contributed by atoms with E-state index in [4.69, 9.17) is 16.3 Å². The molecule has 8 heteroatoms. The summed E-state index contributed by atoms with van der Waals surface area (Å²) in [7, 11) is 0. The van der Waals surface area contributed by atoms with Crippen molar-refractivity contribution < 1.29 is 14.6 Å². The van der Waals surface area contributed by atoms with E-state index in [1.165, 1.54) is 0 Å². The number of nitrogens with zero attached hydrogens (tertiary/aromatic N) is 4. The molecule has 1 N–H and O–H groups in total. The van der Waals surface area contributed by atoms with E-state index in [9.17, 15) is 9.90 Å². The van der Waals surface area contributed by atoms with Crippen LogP contribution in [0.25, 0.3) is 0 Å². The molecular weight excluding hydrogens is 404 g/mol. The predicted molar refractivity (Wildman–Crippen MR) is 114 cm³/mol. The number of anilines is 1. The van der Waals surface area contributed by atoms with Crippen molar-refractivity contribution in [3.05, 3.63) is 53.3 Å². The Balaban J connectivity index is 1.49. The molecule has 3 heterocycles. The van der Waals surface area contributed by atoms with Gasteiger partial charge in [0.25, 0.3) is 0 Å². The summed E-state index contributed by atoms with van der Waals surface area (Å²) in [4.78, 5) is 25.5. The monoisotopic (exact) mass is 430 g/mol. The van der Waals surface area contributed by atoms with Gasteiger partial charge in [0, 0.05) is 32.5 Å². The third-order valence-electron chi connectivity index (χ3n) is 5.79. The summed E-state index contributed by atoms with van der Waals surface area (Å²) in [5, 5.41) is 11.0. The van der Waals surface area contributed by atoms with Crippen LogP contribution in [0.1, 0.15) is 38.7 Å². The average Bonchev–Trinajstić information content (AvgIpc) is 3.18. The first kappa shape index (κ1) is 20.9. The number of carbonyl (C=O) groups excluding carboxylic acids is 1. The smallest absolute Gasteiger partial charge is 0.410 e. The lowest BCUT2D eigenvalue weighted by atomic mass is 9.80. The normalized spacial score (nSPS) is 24.8. The number of hydrogen-bond donors (Lipinski definition) is 1. The number of halogens is 1. The molecule has 0 radical (unpaired) electrons. The number of hydrogen-bond acceptors (Lipinski definition) is 6. The molecule has 1 amide bonds. The highest BCUT2D eigenvalue weighted by molar-refractivity contribution is 6.30. The lowest BCUT2D eigenvalue weighted by Gasteiger charge is -2.45. The molecule has 1 aromatic heterocycles. The van der Waals surface area contributed by atoms with Gasteiger partial charge in [-0.25, -0.2) is 14.8 Å². The second kappa shape index (κ2) is 8.04. The topological polar surface area (TPSA) is 78.8 Å². The highest BCUT2D eigenvalue weighted by atomic mass is 35.5. The van der Waals surface area contributed by atoms with Crippen molar-refractivity contribution in [1.82, 2.24) is 14.9 Å². The van der Waals surface area contributed by atoms with Gasteiger partial charge in [0.1, 0.15) is 5.60 Å². The van der Waals surface area contributed by atoms with E-state index < -0.39 is 11.2 Å². The lowest BCUT2D eigenvalue weighted by Crippen LogP contribution is -2.54. The molecule has 2 fully saturated rings. The molecule has 4 rings (SSSR count). The summed E-state index contributed by atoms with van der Waals surface area (Å²) in [6, 6.07) is 9.76. The van der Waals surface area contributed by atoms with Crippen LogP contribution < -0.4 is 4.90 Å². The van der Waals surface area contributed by atoms with Gasteiger partial charge >= 0.3 is 6.09 Å². The molecule has 1 unspecified atom stereocenters. The minimum atomic E-state index is -0.964. The predicted octanol–water partition coefficient (Wildman–Crippen LogP) is 3.61. The molecule has 160 valence electrons. The fourth-order valence-corrected chi connectivity index (χ4v) is 4.62. The van der Waals surface area contributed by atoms with Crippen LogP contribution in [-0.2, 0) is 10.3 Å². The van der Waals surface area contributed by atoms with Gasteiger partial charge in [0.05, 0.1) is 29.1 Å².